The van der Waals surface area contributed by atoms with Gasteiger partial charge in [0.05, 0.1) is 12.5 Å². The number of amides is 2. The van der Waals surface area contributed by atoms with Gasteiger partial charge in [0.2, 0.25) is 11.8 Å². The van der Waals surface area contributed by atoms with Crippen molar-refractivity contribution in [3.05, 3.63) is 30.3 Å². The maximum Gasteiger partial charge on any atom is 0.246 e. The van der Waals surface area contributed by atoms with Gasteiger partial charge < -0.3 is 24.4 Å². The normalized spacial score (nSPS) is 24.6. The molecule has 1 saturated carbocycles. The van der Waals surface area contributed by atoms with Gasteiger partial charge >= 0.3 is 0 Å². The topological polar surface area (TPSA) is 77.1 Å². The minimum absolute atomic E-state index is 0.00496. The number of likely N-dealkylation sites (tertiary alicyclic amines) is 1. The molecule has 2 aliphatic rings. The number of ether oxygens (including phenoxy) is 3. The van der Waals surface area contributed by atoms with E-state index in [-0.39, 0.29) is 36.3 Å². The molecule has 1 saturated heterocycles. The zero-order valence-electron chi connectivity index (χ0n) is 18.0. The summed E-state index contributed by atoms with van der Waals surface area (Å²) < 4.78 is 16.1. The summed E-state index contributed by atoms with van der Waals surface area (Å²) in [7, 11) is 3.22. The molecular formula is C23H34N2O5. The lowest BCUT2D eigenvalue weighted by Gasteiger charge is -2.34. The van der Waals surface area contributed by atoms with Crippen molar-refractivity contribution >= 4 is 11.8 Å². The molecule has 3 atom stereocenters. The molecule has 0 spiro atoms. The third-order valence-corrected chi connectivity index (χ3v) is 6.16. The molecule has 2 amide bonds. The minimum atomic E-state index is -0.214. The number of nitrogens with zero attached hydrogens (tertiary/aromatic N) is 1. The Morgan fingerprint density at radius 3 is 2.40 bits per heavy atom. The van der Waals surface area contributed by atoms with E-state index in [0.29, 0.717) is 12.5 Å². The highest BCUT2D eigenvalue weighted by Gasteiger charge is 2.42. The Balaban J connectivity index is 1.60. The zero-order valence-corrected chi connectivity index (χ0v) is 18.0. The van der Waals surface area contributed by atoms with E-state index in [9.17, 15) is 9.59 Å². The lowest BCUT2D eigenvalue weighted by molar-refractivity contribution is -0.138. The van der Waals surface area contributed by atoms with Gasteiger partial charge in [-0.25, -0.2) is 0 Å². The highest BCUT2D eigenvalue weighted by molar-refractivity contribution is 5.82. The molecule has 166 valence electrons. The van der Waals surface area contributed by atoms with E-state index < -0.39 is 0 Å². The van der Waals surface area contributed by atoms with E-state index in [1.54, 1.807) is 7.11 Å². The lowest BCUT2D eigenvalue weighted by atomic mass is 9.95. The number of nitrogens with one attached hydrogen (secondary N) is 1. The second-order valence-corrected chi connectivity index (χ2v) is 8.40. The average molecular weight is 419 g/mol. The van der Waals surface area contributed by atoms with Gasteiger partial charge in [0.25, 0.3) is 0 Å². The van der Waals surface area contributed by atoms with Crippen LogP contribution in [-0.4, -0.2) is 69.9 Å². The van der Waals surface area contributed by atoms with Crippen LogP contribution in [0, 0.1) is 17.8 Å². The van der Waals surface area contributed by atoms with Crippen LogP contribution >= 0.6 is 0 Å². The van der Waals surface area contributed by atoms with E-state index in [1.807, 2.05) is 35.2 Å². The summed E-state index contributed by atoms with van der Waals surface area (Å²) in [6, 6.07) is 9.52. The van der Waals surface area contributed by atoms with Crippen molar-refractivity contribution in [1.29, 1.82) is 0 Å². The van der Waals surface area contributed by atoms with Gasteiger partial charge in [0, 0.05) is 40.0 Å². The Morgan fingerprint density at radius 1 is 1.00 bits per heavy atom. The molecule has 7 heteroatoms. The fourth-order valence-electron chi connectivity index (χ4n) is 4.61. The first-order chi connectivity index (χ1) is 14.6. The summed E-state index contributed by atoms with van der Waals surface area (Å²) in [5.74, 6) is 1.33. The average Bonchev–Trinajstić information content (AvgIpc) is 3.16. The maximum absolute atomic E-state index is 13.3. The molecule has 2 fully saturated rings. The van der Waals surface area contributed by atoms with Gasteiger partial charge in [-0.1, -0.05) is 18.2 Å². The second kappa shape index (κ2) is 11.3. The number of benzene rings is 1. The van der Waals surface area contributed by atoms with Gasteiger partial charge in [-0.2, -0.15) is 0 Å². The molecule has 0 radical (unpaired) electrons. The summed E-state index contributed by atoms with van der Waals surface area (Å²) >= 11 is 0. The van der Waals surface area contributed by atoms with E-state index in [4.69, 9.17) is 14.2 Å². The van der Waals surface area contributed by atoms with Gasteiger partial charge in [0.15, 0.2) is 0 Å². The number of para-hydroxylation sites is 1. The Morgan fingerprint density at radius 2 is 1.73 bits per heavy atom. The molecule has 1 heterocycles. The summed E-state index contributed by atoms with van der Waals surface area (Å²) in [5.41, 5.74) is 0. The standard InChI is InChI=1S/C23H34N2O5/c1-28-14-17-8-10-25(11-9-17)23(27)20-12-18(13-21(20)24-22(26)16-29-2)15-30-19-6-4-3-5-7-19/h3-7,17-18,20-21H,8-16H2,1-2H3,(H,24,26)/t18-,20-,21-/m1/s1. The van der Waals surface area contributed by atoms with Gasteiger partial charge in [-0.15, -0.1) is 0 Å². The number of piperidine rings is 1. The number of hydrogen-bond donors (Lipinski definition) is 1. The first-order valence-corrected chi connectivity index (χ1v) is 10.8. The number of hydrogen-bond acceptors (Lipinski definition) is 5. The molecule has 30 heavy (non-hydrogen) atoms. The molecule has 0 unspecified atom stereocenters. The fourth-order valence-corrected chi connectivity index (χ4v) is 4.61. The fraction of sp³-hybridized carbons (Fsp3) is 0.652. The molecular weight excluding hydrogens is 384 g/mol. The highest BCUT2D eigenvalue weighted by Crippen LogP contribution is 2.34. The van der Waals surface area contributed by atoms with Crippen LogP contribution < -0.4 is 10.1 Å². The van der Waals surface area contributed by atoms with Crippen molar-refractivity contribution in [3.63, 3.8) is 0 Å². The van der Waals surface area contributed by atoms with Crippen LogP contribution in [0.15, 0.2) is 30.3 Å². The van der Waals surface area contributed by atoms with Gasteiger partial charge in [-0.3, -0.25) is 9.59 Å². The van der Waals surface area contributed by atoms with Crippen LogP contribution in [0.2, 0.25) is 0 Å². The lowest BCUT2D eigenvalue weighted by Crippen LogP contribution is -2.48. The highest BCUT2D eigenvalue weighted by atomic mass is 16.5. The third kappa shape index (κ3) is 6.19. The van der Waals surface area contributed by atoms with Crippen LogP contribution in [0.5, 0.6) is 5.75 Å². The predicted molar refractivity (Wildman–Crippen MR) is 113 cm³/mol. The van der Waals surface area contributed by atoms with Crippen LogP contribution in [0.4, 0.5) is 0 Å². The van der Waals surface area contributed by atoms with Crippen LogP contribution in [-0.2, 0) is 19.1 Å². The zero-order chi connectivity index (χ0) is 21.3. The molecule has 1 aromatic carbocycles. The smallest absolute Gasteiger partial charge is 0.246 e. The number of carbonyl (C=O) groups is 2. The van der Waals surface area contributed by atoms with Crippen LogP contribution in [0.25, 0.3) is 0 Å². The van der Waals surface area contributed by atoms with Crippen LogP contribution in [0.1, 0.15) is 25.7 Å². The van der Waals surface area contributed by atoms with E-state index >= 15 is 0 Å². The Bertz CT molecular complexity index is 675. The first-order valence-electron chi connectivity index (χ1n) is 10.8. The summed E-state index contributed by atoms with van der Waals surface area (Å²) in [4.78, 5) is 27.4. The summed E-state index contributed by atoms with van der Waals surface area (Å²) in [6.07, 6.45) is 3.39. The molecule has 1 aromatic rings. The van der Waals surface area contributed by atoms with Crippen molar-refractivity contribution in [2.45, 2.75) is 31.7 Å². The molecule has 1 aliphatic carbocycles. The SMILES string of the molecule is COCC(=O)N[C@@H]1C[C@H](COc2ccccc2)C[C@H]1C(=O)N1CCC(COC)CC1. The monoisotopic (exact) mass is 418 g/mol. The van der Waals surface area contributed by atoms with Crippen molar-refractivity contribution in [2.24, 2.45) is 17.8 Å². The number of rotatable bonds is 9. The summed E-state index contributed by atoms with van der Waals surface area (Å²) in [6.45, 7) is 2.81. The number of carbonyl (C=O) groups excluding carboxylic acids is 2. The van der Waals surface area contributed by atoms with Gasteiger partial charge in [-0.05, 0) is 49.7 Å². The van der Waals surface area contributed by atoms with Crippen molar-refractivity contribution in [2.75, 3.05) is 47.1 Å². The summed E-state index contributed by atoms with van der Waals surface area (Å²) in [5, 5.41) is 3.02. The molecule has 1 aliphatic heterocycles. The van der Waals surface area contributed by atoms with Crippen molar-refractivity contribution in [1.82, 2.24) is 10.2 Å². The number of methoxy groups -OCH3 is 2. The molecule has 1 N–H and O–H groups in total. The molecule has 0 bridgehead atoms. The maximum atomic E-state index is 13.3. The van der Waals surface area contributed by atoms with Gasteiger partial charge in [0.1, 0.15) is 12.4 Å². The van der Waals surface area contributed by atoms with Crippen LogP contribution in [0.3, 0.4) is 0 Å². The largest absolute Gasteiger partial charge is 0.493 e. The quantitative estimate of drug-likeness (QED) is 0.665. The van der Waals surface area contributed by atoms with Crippen molar-refractivity contribution < 1.29 is 23.8 Å². The van der Waals surface area contributed by atoms with E-state index in [0.717, 1.165) is 51.1 Å². The van der Waals surface area contributed by atoms with Crippen molar-refractivity contribution in [3.8, 4) is 5.75 Å². The first kappa shape index (κ1) is 22.6. The van der Waals surface area contributed by atoms with E-state index in [1.165, 1.54) is 7.11 Å². The molecule has 7 nitrogen and oxygen atoms in total. The third-order valence-electron chi connectivity index (χ3n) is 6.16. The Kier molecular flexibility index (Phi) is 8.51. The Hall–Kier alpha value is -2.12. The predicted octanol–water partition coefficient (Wildman–Crippen LogP) is 2.11. The van der Waals surface area contributed by atoms with E-state index in [2.05, 4.69) is 5.32 Å². The molecule has 0 aromatic heterocycles. The minimum Gasteiger partial charge on any atom is -0.493 e. The Labute approximate surface area is 179 Å². The second-order valence-electron chi connectivity index (χ2n) is 8.40. The molecule has 3 rings (SSSR count).